The van der Waals surface area contributed by atoms with Gasteiger partial charge in [0.1, 0.15) is 11.6 Å². The van der Waals surface area contributed by atoms with E-state index in [0.717, 1.165) is 84.5 Å². The Bertz CT molecular complexity index is 3390. The van der Waals surface area contributed by atoms with Gasteiger partial charge in [-0.3, -0.25) is 9.55 Å². The third-order valence-corrected chi connectivity index (χ3v) is 13.5. The summed E-state index contributed by atoms with van der Waals surface area (Å²) in [6.45, 7) is 29.1. The minimum Gasteiger partial charge on any atom is -0.507 e. The van der Waals surface area contributed by atoms with E-state index in [1.165, 1.54) is 22.3 Å². The van der Waals surface area contributed by atoms with Gasteiger partial charge in [-0.25, -0.2) is 4.98 Å². The Balaban J connectivity index is 0.00000676. The predicted molar refractivity (Wildman–Crippen MR) is 296 cm³/mol. The van der Waals surface area contributed by atoms with Crippen molar-refractivity contribution in [3.8, 4) is 78.6 Å². The number of benzene rings is 7. The molecule has 5 heteroatoms. The molecule has 0 radical (unpaired) electrons. The number of phenolic OH excluding ortho intramolecular Hbond substituents is 1. The van der Waals surface area contributed by atoms with Crippen LogP contribution in [0.25, 0.3) is 83.9 Å². The van der Waals surface area contributed by atoms with Crippen molar-refractivity contribution in [2.75, 3.05) is 0 Å². The van der Waals surface area contributed by atoms with Crippen LogP contribution in [0.5, 0.6) is 5.75 Å². The van der Waals surface area contributed by atoms with E-state index < -0.39 is 0 Å². The number of imidazole rings is 1. The van der Waals surface area contributed by atoms with Crippen LogP contribution in [0.15, 0.2) is 158 Å². The van der Waals surface area contributed by atoms with Crippen molar-refractivity contribution in [2.24, 2.45) is 5.41 Å². The van der Waals surface area contributed by atoms with E-state index in [4.69, 9.17) is 9.97 Å². The summed E-state index contributed by atoms with van der Waals surface area (Å²) in [5.74, 6) is 0.920. The van der Waals surface area contributed by atoms with E-state index in [1.54, 1.807) is 0 Å². The minimum atomic E-state index is -0.343. The second-order valence-corrected chi connectivity index (χ2v) is 23.6. The monoisotopic (exact) mass is 1110 g/mol. The zero-order chi connectivity index (χ0) is 49.9. The van der Waals surface area contributed by atoms with Crippen LogP contribution >= 0.6 is 0 Å². The molecule has 1 N–H and O–H groups in total. The summed E-state index contributed by atoms with van der Waals surface area (Å²) in [5, 5.41) is 12.7. The Labute approximate surface area is 437 Å². The Kier molecular flexibility index (Phi) is 13.9. The molecule has 0 unspecified atom stereocenters. The van der Waals surface area contributed by atoms with Gasteiger partial charge in [-0.2, -0.15) is 0 Å². The number of hydrogen-bond acceptors (Lipinski definition) is 3. The van der Waals surface area contributed by atoms with E-state index in [-0.39, 0.29) is 48.5 Å². The molecule has 9 aromatic rings. The number of pyridine rings is 1. The molecular weight excluding hydrogens is 1050 g/mol. The van der Waals surface area contributed by atoms with Crippen LogP contribution < -0.4 is 0 Å². The Morgan fingerprint density at radius 1 is 0.521 bits per heavy atom. The van der Waals surface area contributed by atoms with Crippen LogP contribution in [-0.2, 0) is 43.7 Å². The number of aromatic hydroxyl groups is 1. The summed E-state index contributed by atoms with van der Waals surface area (Å²) >= 11 is 0. The number of rotatable bonds is 8. The maximum atomic E-state index is 12.7. The third-order valence-electron chi connectivity index (χ3n) is 13.5. The largest absolute Gasteiger partial charge is 0.507 e. The van der Waals surface area contributed by atoms with Gasteiger partial charge in [-0.15, -0.1) is 29.3 Å². The molecule has 71 heavy (non-hydrogen) atoms. The van der Waals surface area contributed by atoms with Gasteiger partial charge < -0.3 is 5.11 Å². The molecule has 0 saturated heterocycles. The zero-order valence-electron chi connectivity index (χ0n) is 43.8. The number of aryl methyl sites for hydroxylation is 1. The van der Waals surface area contributed by atoms with Crippen molar-refractivity contribution >= 4 is 11.0 Å². The van der Waals surface area contributed by atoms with Crippen LogP contribution in [-0.4, -0.2) is 19.6 Å². The molecule has 0 spiro atoms. The minimum absolute atomic E-state index is 0. The van der Waals surface area contributed by atoms with Crippen LogP contribution in [0.3, 0.4) is 0 Å². The molecule has 0 amide bonds. The number of nitrogens with zero attached hydrogens (tertiary/aromatic N) is 3. The van der Waals surface area contributed by atoms with Crippen molar-refractivity contribution in [2.45, 2.75) is 113 Å². The summed E-state index contributed by atoms with van der Waals surface area (Å²) in [6, 6.07) is 58.3. The fourth-order valence-electron chi connectivity index (χ4n) is 9.74. The maximum Gasteiger partial charge on any atom is 0.148 e. The van der Waals surface area contributed by atoms with E-state index in [0.29, 0.717) is 11.4 Å². The molecule has 0 aliphatic rings. The predicted octanol–water partition coefficient (Wildman–Crippen LogP) is 17.7. The van der Waals surface area contributed by atoms with Crippen molar-refractivity contribution in [1.82, 2.24) is 14.5 Å². The summed E-state index contributed by atoms with van der Waals surface area (Å²) in [4.78, 5) is 10.7. The number of fused-ring (bicyclic) bond motifs is 1. The zero-order valence-corrected chi connectivity index (χ0v) is 46.1. The topological polar surface area (TPSA) is 50.9 Å². The van der Waals surface area contributed by atoms with Crippen LogP contribution in [0, 0.1) is 18.4 Å². The average molecular weight is 1110 g/mol. The molecule has 2 aromatic heterocycles. The summed E-state index contributed by atoms with van der Waals surface area (Å²) in [6.07, 6.45) is 2.91. The normalized spacial score (nSPS) is 12.3. The van der Waals surface area contributed by atoms with Crippen molar-refractivity contribution in [3.63, 3.8) is 0 Å². The first-order valence-corrected chi connectivity index (χ1v) is 24.8. The van der Waals surface area contributed by atoms with Gasteiger partial charge in [0.05, 0.1) is 22.3 Å². The van der Waals surface area contributed by atoms with E-state index >= 15 is 0 Å². The fraction of sp³-hybridized carbons (Fsp3) is 0.273. The Hall–Kier alpha value is -6.35. The molecule has 0 fully saturated rings. The summed E-state index contributed by atoms with van der Waals surface area (Å²) in [7, 11) is 0. The van der Waals surface area contributed by atoms with E-state index in [1.807, 2.05) is 12.3 Å². The first kappa shape index (κ1) is 51.0. The van der Waals surface area contributed by atoms with Crippen molar-refractivity contribution < 1.29 is 26.2 Å². The fourth-order valence-corrected chi connectivity index (χ4v) is 9.74. The number of hydrogen-bond donors (Lipinski definition) is 1. The summed E-state index contributed by atoms with van der Waals surface area (Å²) in [5.41, 5.74) is 19.1. The smallest absolute Gasteiger partial charge is 0.148 e. The second-order valence-electron chi connectivity index (χ2n) is 23.6. The first-order valence-electron chi connectivity index (χ1n) is 24.8. The summed E-state index contributed by atoms with van der Waals surface area (Å²) < 4.78 is 2.29. The molecule has 9 rings (SSSR count). The van der Waals surface area contributed by atoms with Crippen LogP contribution in [0.2, 0.25) is 0 Å². The number of aromatic nitrogens is 3. The molecule has 0 aliphatic carbocycles. The van der Waals surface area contributed by atoms with Gasteiger partial charge >= 0.3 is 0 Å². The number of phenols is 1. The van der Waals surface area contributed by atoms with Gasteiger partial charge in [0.15, 0.2) is 0 Å². The van der Waals surface area contributed by atoms with Gasteiger partial charge in [-0.05, 0) is 110 Å². The maximum absolute atomic E-state index is 12.7. The van der Waals surface area contributed by atoms with Gasteiger partial charge in [0, 0.05) is 44.1 Å². The third kappa shape index (κ3) is 10.7. The van der Waals surface area contributed by atoms with Crippen LogP contribution in [0.1, 0.15) is 111 Å². The van der Waals surface area contributed by atoms with E-state index in [2.05, 4.69) is 246 Å². The van der Waals surface area contributed by atoms with Gasteiger partial charge in [0.2, 0.25) is 0 Å². The Morgan fingerprint density at radius 3 is 1.80 bits per heavy atom. The molecule has 4 nitrogen and oxygen atoms in total. The second kappa shape index (κ2) is 19.3. The molecule has 0 bridgehead atoms. The van der Waals surface area contributed by atoms with Gasteiger partial charge in [-0.1, -0.05) is 203 Å². The SMILES string of the molecule is Cc1cc(CC(C)(C)C)ccc1-c1ccc(-n2c(-c3cc(C(C)(C)C)cc(C(C)(C)C)c3O)nc3c(-c4[c-]c(-c5cc(-c6ccccc6)ccn5)cc(C(C)(C)C)c4)cccc32)c(-c2ccccc2)c1.[Pt]. The molecule has 0 saturated carbocycles. The van der Waals surface area contributed by atoms with E-state index in [9.17, 15) is 5.11 Å². The quantitative estimate of drug-likeness (QED) is 0.154. The molecule has 0 atom stereocenters. The van der Waals surface area contributed by atoms with Gasteiger partial charge in [0.25, 0.3) is 0 Å². The van der Waals surface area contributed by atoms with Crippen LogP contribution in [0.4, 0.5) is 0 Å². The average Bonchev–Trinajstić information content (AvgIpc) is 3.70. The number of para-hydroxylation sites is 1. The molecular formula is C66H68N3OPt-. The molecule has 0 aliphatic heterocycles. The molecule has 7 aromatic carbocycles. The van der Waals surface area contributed by atoms with Crippen molar-refractivity contribution in [3.05, 3.63) is 192 Å². The Morgan fingerprint density at radius 2 is 1.17 bits per heavy atom. The first-order chi connectivity index (χ1) is 33.0. The standard InChI is InChI=1S/C66H68N3O.Pt/c1-42-33-43(41-63(2,3)4)27-29-52(42)47-28-30-58(54(37-47)45-23-18-15-19-24-45)69-59-26-20-25-53(60(59)68-62(69)55-39-51(65(8,9)10)40-56(61(55)70)66(11,12)13)48-34-49(36-50(35-48)64(5,6)7)57-38-46(31-32-67-57)44-21-16-14-17-22-44;/h14-33,35-40,70H,41H2,1-13H3;/q-1;. The van der Waals surface area contributed by atoms with Crippen molar-refractivity contribution in [1.29, 1.82) is 0 Å². The molecule has 364 valence electrons. The molecule has 2 heterocycles.